The highest BCUT2D eigenvalue weighted by atomic mass is 79.9. The maximum atomic E-state index is 11.8. The summed E-state index contributed by atoms with van der Waals surface area (Å²) in [6.45, 7) is 2.80. The quantitative estimate of drug-likeness (QED) is 0.669. The van der Waals surface area contributed by atoms with Crippen LogP contribution < -0.4 is 4.74 Å². The van der Waals surface area contributed by atoms with Crippen LogP contribution in [0.4, 0.5) is 0 Å². The molecule has 0 bridgehead atoms. The van der Waals surface area contributed by atoms with Crippen molar-refractivity contribution >= 4 is 32.7 Å². The molecule has 0 aliphatic carbocycles. The average Bonchev–Trinajstić information content (AvgIpc) is 3.07. The van der Waals surface area contributed by atoms with E-state index < -0.39 is 0 Å². The molecule has 0 radical (unpaired) electrons. The van der Waals surface area contributed by atoms with Gasteiger partial charge in [-0.25, -0.2) is 4.98 Å². The first-order chi connectivity index (χ1) is 11.6. The minimum absolute atomic E-state index is 0.0550. The third-order valence-corrected chi connectivity index (χ3v) is 4.77. The molecule has 0 fully saturated rings. The standard InChI is InChI=1S/C19H17BrN2O2/c1-12(24-15-4-2-3-14(20)11-15)9-13-5-6-16-17(10-13)22-8-7-18(23)19(22)21-16/h2-6,10-12H,7-9H2,1H3. The Balaban J connectivity index is 1.55. The maximum Gasteiger partial charge on any atom is 0.200 e. The Hall–Kier alpha value is -2.14. The largest absolute Gasteiger partial charge is 0.490 e. The third-order valence-electron chi connectivity index (χ3n) is 4.28. The van der Waals surface area contributed by atoms with Crippen LogP contribution in [0.15, 0.2) is 46.9 Å². The van der Waals surface area contributed by atoms with Gasteiger partial charge in [0.2, 0.25) is 0 Å². The van der Waals surface area contributed by atoms with Gasteiger partial charge in [-0.15, -0.1) is 0 Å². The molecule has 1 atom stereocenters. The summed E-state index contributed by atoms with van der Waals surface area (Å²) in [4.78, 5) is 16.3. The molecule has 0 saturated heterocycles. The summed E-state index contributed by atoms with van der Waals surface area (Å²) in [6, 6.07) is 14.1. The van der Waals surface area contributed by atoms with Crippen LogP contribution in [0.3, 0.4) is 0 Å². The normalized spacial score (nSPS) is 14.8. The minimum Gasteiger partial charge on any atom is -0.490 e. The summed E-state index contributed by atoms with van der Waals surface area (Å²) in [5, 5.41) is 0. The van der Waals surface area contributed by atoms with E-state index in [9.17, 15) is 4.79 Å². The number of hydrogen-bond acceptors (Lipinski definition) is 3. The van der Waals surface area contributed by atoms with E-state index in [0.29, 0.717) is 12.2 Å². The van der Waals surface area contributed by atoms with Crippen LogP contribution in [0, 0.1) is 0 Å². The summed E-state index contributed by atoms with van der Waals surface area (Å²) in [5.74, 6) is 1.59. The Bertz CT molecular complexity index is 932. The van der Waals surface area contributed by atoms with E-state index in [1.165, 1.54) is 5.56 Å². The van der Waals surface area contributed by atoms with Gasteiger partial charge in [-0.2, -0.15) is 0 Å². The molecular weight excluding hydrogens is 368 g/mol. The fourth-order valence-electron chi connectivity index (χ4n) is 3.21. The molecule has 1 aliphatic heterocycles. The van der Waals surface area contributed by atoms with Crippen LogP contribution in [-0.2, 0) is 13.0 Å². The van der Waals surface area contributed by atoms with Gasteiger partial charge in [0.15, 0.2) is 11.6 Å². The number of nitrogens with zero attached hydrogens (tertiary/aromatic N) is 2. The van der Waals surface area contributed by atoms with Crippen molar-refractivity contribution in [3.8, 4) is 5.75 Å². The number of carbonyl (C=O) groups is 1. The Morgan fingerprint density at radius 3 is 3.00 bits per heavy atom. The van der Waals surface area contributed by atoms with Gasteiger partial charge in [0, 0.05) is 23.9 Å². The molecule has 2 heterocycles. The summed E-state index contributed by atoms with van der Waals surface area (Å²) >= 11 is 3.46. The van der Waals surface area contributed by atoms with E-state index in [1.807, 2.05) is 34.9 Å². The van der Waals surface area contributed by atoms with Crippen molar-refractivity contribution in [3.05, 3.63) is 58.3 Å². The molecular formula is C19H17BrN2O2. The van der Waals surface area contributed by atoms with Crippen LogP contribution >= 0.6 is 15.9 Å². The fourth-order valence-corrected chi connectivity index (χ4v) is 3.58. The van der Waals surface area contributed by atoms with E-state index in [0.717, 1.165) is 34.2 Å². The molecule has 1 aliphatic rings. The molecule has 1 aromatic heterocycles. The number of halogens is 1. The number of Topliss-reactive ketones (excluding diaryl/α,β-unsaturated/α-hetero) is 1. The van der Waals surface area contributed by atoms with E-state index in [-0.39, 0.29) is 11.9 Å². The van der Waals surface area contributed by atoms with Crippen molar-refractivity contribution in [2.45, 2.75) is 32.4 Å². The molecule has 2 aromatic carbocycles. The molecule has 1 unspecified atom stereocenters. The van der Waals surface area contributed by atoms with Crippen molar-refractivity contribution in [1.29, 1.82) is 0 Å². The number of rotatable bonds is 4. The van der Waals surface area contributed by atoms with Gasteiger partial charge >= 0.3 is 0 Å². The number of fused-ring (bicyclic) bond motifs is 3. The summed E-state index contributed by atoms with van der Waals surface area (Å²) < 4.78 is 9.03. The monoisotopic (exact) mass is 384 g/mol. The first-order valence-electron chi connectivity index (χ1n) is 8.05. The fraction of sp³-hybridized carbons (Fsp3) is 0.263. The van der Waals surface area contributed by atoms with E-state index >= 15 is 0 Å². The van der Waals surface area contributed by atoms with E-state index in [1.54, 1.807) is 0 Å². The van der Waals surface area contributed by atoms with Crippen LogP contribution in [0.1, 0.15) is 29.5 Å². The van der Waals surface area contributed by atoms with Crippen molar-refractivity contribution in [2.24, 2.45) is 0 Å². The Morgan fingerprint density at radius 2 is 2.17 bits per heavy atom. The van der Waals surface area contributed by atoms with Crippen LogP contribution in [0.2, 0.25) is 0 Å². The predicted octanol–water partition coefficient (Wildman–Crippen LogP) is 4.40. The Kier molecular flexibility index (Phi) is 3.88. The number of benzene rings is 2. The van der Waals surface area contributed by atoms with Gasteiger partial charge in [0.05, 0.1) is 17.1 Å². The lowest BCUT2D eigenvalue weighted by Crippen LogP contribution is -2.15. The SMILES string of the molecule is CC(Cc1ccc2nc3n(c2c1)CCC3=O)Oc1cccc(Br)c1. The highest BCUT2D eigenvalue weighted by Crippen LogP contribution is 2.25. The second-order valence-corrected chi connectivity index (χ2v) is 7.09. The zero-order valence-electron chi connectivity index (χ0n) is 13.3. The first-order valence-corrected chi connectivity index (χ1v) is 8.84. The minimum atomic E-state index is 0.0550. The van der Waals surface area contributed by atoms with Gasteiger partial charge in [-0.1, -0.05) is 28.1 Å². The molecule has 3 aromatic rings. The lowest BCUT2D eigenvalue weighted by Gasteiger charge is -2.15. The molecule has 4 nitrogen and oxygen atoms in total. The topological polar surface area (TPSA) is 44.1 Å². The molecule has 0 saturated carbocycles. The number of imidazole rings is 1. The van der Waals surface area contributed by atoms with Gasteiger partial charge in [0.25, 0.3) is 0 Å². The van der Waals surface area contributed by atoms with E-state index in [4.69, 9.17) is 4.74 Å². The summed E-state index contributed by atoms with van der Waals surface area (Å²) in [7, 11) is 0. The number of carbonyl (C=O) groups excluding carboxylic acids is 1. The van der Waals surface area contributed by atoms with Gasteiger partial charge in [-0.3, -0.25) is 4.79 Å². The van der Waals surface area contributed by atoms with Gasteiger partial charge < -0.3 is 9.30 Å². The molecule has 0 amide bonds. The van der Waals surface area contributed by atoms with Crippen molar-refractivity contribution in [2.75, 3.05) is 0 Å². The molecule has 5 heteroatoms. The first kappa shape index (κ1) is 15.4. The second-order valence-electron chi connectivity index (χ2n) is 6.17. The maximum absolute atomic E-state index is 11.8. The summed E-state index contributed by atoms with van der Waals surface area (Å²) in [6.07, 6.45) is 1.42. The number of ketones is 1. The average molecular weight is 385 g/mol. The lowest BCUT2D eigenvalue weighted by molar-refractivity contribution is 0.0990. The van der Waals surface area contributed by atoms with Crippen LogP contribution in [0.25, 0.3) is 11.0 Å². The molecule has 0 spiro atoms. The number of aryl methyl sites for hydroxylation is 1. The number of hydrogen-bond donors (Lipinski definition) is 0. The Morgan fingerprint density at radius 1 is 1.29 bits per heavy atom. The molecule has 4 rings (SSSR count). The zero-order valence-corrected chi connectivity index (χ0v) is 14.9. The number of aromatic nitrogens is 2. The van der Waals surface area contributed by atoms with Gasteiger partial charge in [0.1, 0.15) is 5.75 Å². The Labute approximate surface area is 148 Å². The highest BCUT2D eigenvalue weighted by Gasteiger charge is 2.23. The van der Waals surface area contributed by atoms with Crippen LogP contribution in [0.5, 0.6) is 5.75 Å². The molecule has 122 valence electrons. The van der Waals surface area contributed by atoms with Gasteiger partial charge in [-0.05, 0) is 42.8 Å². The zero-order chi connectivity index (χ0) is 16.7. The molecule has 0 N–H and O–H groups in total. The van der Waals surface area contributed by atoms with Crippen molar-refractivity contribution < 1.29 is 9.53 Å². The predicted molar refractivity (Wildman–Crippen MR) is 96.6 cm³/mol. The van der Waals surface area contributed by atoms with E-state index in [2.05, 4.69) is 40.0 Å². The highest BCUT2D eigenvalue weighted by molar-refractivity contribution is 9.10. The summed E-state index contributed by atoms with van der Waals surface area (Å²) in [5.41, 5.74) is 3.12. The van der Waals surface area contributed by atoms with Crippen molar-refractivity contribution in [3.63, 3.8) is 0 Å². The second kappa shape index (κ2) is 6.06. The smallest absolute Gasteiger partial charge is 0.200 e. The van der Waals surface area contributed by atoms with Crippen LogP contribution in [-0.4, -0.2) is 21.4 Å². The lowest BCUT2D eigenvalue weighted by atomic mass is 10.1. The number of ether oxygens (including phenoxy) is 1. The third kappa shape index (κ3) is 2.84. The molecule has 24 heavy (non-hydrogen) atoms. The van der Waals surface area contributed by atoms with Crippen molar-refractivity contribution in [1.82, 2.24) is 9.55 Å².